The zero-order chi connectivity index (χ0) is 78.1. The number of carbonyl (C=O) groups is 1. The number of rotatable bonds is 64. The summed E-state index contributed by atoms with van der Waals surface area (Å²) in [7, 11) is 0. The predicted molar refractivity (Wildman–Crippen MR) is 459 cm³/mol. The molecule has 8 heterocycles. The number of pyridine rings is 8. The van der Waals surface area contributed by atoms with Gasteiger partial charge in [0.2, 0.25) is 0 Å². The van der Waals surface area contributed by atoms with Crippen molar-refractivity contribution in [1.29, 1.82) is 0 Å². The number of amides is 1. The summed E-state index contributed by atoms with van der Waals surface area (Å²) >= 11 is 0. The van der Waals surface area contributed by atoms with Gasteiger partial charge in [0.25, 0.3) is 0 Å². The van der Waals surface area contributed by atoms with Crippen LogP contribution in [0.4, 0.5) is 4.79 Å². The Morgan fingerprint density at radius 1 is 0.268 bits per heavy atom. The number of alkyl carbamates (subject to hydrolysis) is 1. The second-order valence-corrected chi connectivity index (χ2v) is 34.1. The molecule has 1 N–H and O–H groups in total. The molecular weight excluding hydrogens is 1370 g/mol. The molecule has 0 unspecified atom stereocenters. The number of aryl methyl sites for hydroxylation is 15. The lowest BCUT2D eigenvalue weighted by Crippen LogP contribution is -2.33. The SMILES string of the molecule is CC(C)(C)OC(=O)NCCCCCCCc1ccc[n+](CCCCCCCc2ccc[n+](CCCCCCCc3ccc[n+](CCCCCCCc4ccc[n+](CCCCCCCc5ccc[n+](CCCCCCCc6ccc[n+](CCCCCCCc7ccc[n+](CCCCCCCc8cccnc8)c7)c6)c5)c4)c3)c2)c1. The summed E-state index contributed by atoms with van der Waals surface area (Å²) in [5.41, 5.74) is 11.3. The highest BCUT2D eigenvalue weighted by Crippen LogP contribution is 2.18. The molecule has 608 valence electrons. The van der Waals surface area contributed by atoms with Gasteiger partial charge >= 0.3 is 6.09 Å². The van der Waals surface area contributed by atoms with Crippen LogP contribution < -0.4 is 37.3 Å². The molecule has 0 aliphatic rings. The lowest BCUT2D eigenvalue weighted by Gasteiger charge is -2.19. The summed E-state index contributed by atoms with van der Waals surface area (Å²) in [6.45, 7) is 14.3. The first-order valence-corrected chi connectivity index (χ1v) is 45.8. The van der Waals surface area contributed by atoms with Crippen LogP contribution >= 0.6 is 0 Å². The van der Waals surface area contributed by atoms with Crippen LogP contribution in [0.3, 0.4) is 0 Å². The number of carbonyl (C=O) groups excluding carboxylic acids is 1. The summed E-state index contributed by atoms with van der Waals surface area (Å²) in [5, 5.41) is 2.87. The van der Waals surface area contributed by atoms with Gasteiger partial charge in [-0.15, -0.1) is 0 Å². The third kappa shape index (κ3) is 43.1. The predicted octanol–water partition coefficient (Wildman–Crippen LogP) is 21.5. The van der Waals surface area contributed by atoms with Crippen molar-refractivity contribution in [2.24, 2.45) is 0 Å². The standard InChI is InChI=1S/C101H153N9O2/c1-101(2,3)112-100(111)103-69-36-20-4-12-29-53-93-61-45-77-105(85-93)71-38-22-6-14-31-55-95-63-47-79-107(87-95)73-40-24-8-16-33-57-97-65-49-81-109(89-97)75-42-26-10-18-35-59-99-67-51-83-110(91-99)76-43-27-11-19-34-58-98-66-50-82-108(90-98)74-41-25-9-17-32-56-96-64-48-80-106(88-96)72-39-23-7-15-30-54-94-62-46-78-104(86-94)70-37-21-5-13-28-52-92-60-44-68-102-84-92/h44-51,60-68,77-91H,4-43,52-59,69-76H2,1-3H3/q+6/p+1. The Kier molecular flexibility index (Phi) is 46.2. The van der Waals surface area contributed by atoms with Crippen LogP contribution in [0.25, 0.3) is 0 Å². The zero-order valence-electron chi connectivity index (χ0n) is 71.0. The van der Waals surface area contributed by atoms with Gasteiger partial charge in [0, 0.05) is 145 Å². The smallest absolute Gasteiger partial charge is 0.407 e. The van der Waals surface area contributed by atoms with Crippen LogP contribution in [0, 0.1) is 0 Å². The minimum atomic E-state index is -0.444. The molecule has 0 spiro atoms. The molecule has 0 aliphatic heterocycles. The first-order chi connectivity index (χ1) is 55.1. The summed E-state index contributed by atoms with van der Waals surface area (Å²) < 4.78 is 22.3. The quantitative estimate of drug-likeness (QED) is 0.0305. The Bertz CT molecular complexity index is 3720. The molecule has 11 heteroatoms. The summed E-state index contributed by atoms with van der Waals surface area (Å²) in [6.07, 6.45) is 97.1. The highest BCUT2D eigenvalue weighted by molar-refractivity contribution is 5.67. The molecule has 0 saturated carbocycles. The second-order valence-electron chi connectivity index (χ2n) is 34.1. The average molecular weight is 1530 g/mol. The van der Waals surface area contributed by atoms with Gasteiger partial charge in [0.1, 0.15) is 51.4 Å². The number of ether oxygens (including phenoxy) is 1. The van der Waals surface area contributed by atoms with Crippen molar-refractivity contribution in [3.8, 4) is 0 Å². The van der Waals surface area contributed by atoms with E-state index in [1.165, 1.54) is 327 Å². The molecule has 1 amide bonds. The Balaban J connectivity index is 0.543. The average Bonchev–Trinajstić information content (AvgIpc) is 0.903. The zero-order valence-corrected chi connectivity index (χ0v) is 71.0. The van der Waals surface area contributed by atoms with E-state index < -0.39 is 5.60 Å². The fourth-order valence-corrected chi connectivity index (χ4v) is 16.2. The third-order valence-electron chi connectivity index (χ3n) is 22.6. The number of hydrogen-bond acceptors (Lipinski definition) is 3. The largest absolute Gasteiger partial charge is 0.444 e. The molecule has 0 radical (unpaired) electrons. The van der Waals surface area contributed by atoms with E-state index in [0.717, 1.165) is 71.5 Å². The molecule has 0 aromatic carbocycles. The van der Waals surface area contributed by atoms with Crippen molar-refractivity contribution in [2.45, 2.75) is 380 Å². The van der Waals surface area contributed by atoms with Gasteiger partial charge < -0.3 is 10.1 Å². The van der Waals surface area contributed by atoms with E-state index in [9.17, 15) is 4.79 Å². The van der Waals surface area contributed by atoms with Crippen LogP contribution in [0.1, 0.15) is 322 Å². The van der Waals surface area contributed by atoms with E-state index in [2.05, 4.69) is 220 Å². The van der Waals surface area contributed by atoms with Gasteiger partial charge in [-0.1, -0.05) is 115 Å². The number of aromatic nitrogens is 8. The fraction of sp³-hybridized carbons (Fsp3) is 0.594. The maximum atomic E-state index is 11.8. The molecule has 8 aromatic heterocycles. The molecule has 0 aliphatic carbocycles. The van der Waals surface area contributed by atoms with E-state index in [1.807, 2.05) is 39.2 Å². The van der Waals surface area contributed by atoms with Crippen molar-refractivity contribution in [3.63, 3.8) is 0 Å². The van der Waals surface area contributed by atoms with E-state index in [0.29, 0.717) is 6.54 Å². The minimum absolute atomic E-state index is 0.312. The number of nitrogens with one attached hydrogen (secondary N) is 1. The van der Waals surface area contributed by atoms with Gasteiger partial charge in [-0.2, -0.15) is 0 Å². The summed E-state index contributed by atoms with van der Waals surface area (Å²) in [6, 6.07) is 36.3. The maximum Gasteiger partial charge on any atom is 0.407 e. The van der Waals surface area contributed by atoms with Crippen LogP contribution in [0.2, 0.25) is 0 Å². The maximum absolute atomic E-state index is 11.8. The number of hydrogen-bond donors (Lipinski definition) is 1. The molecule has 0 saturated heterocycles. The van der Waals surface area contributed by atoms with E-state index in [4.69, 9.17) is 4.74 Å². The summed E-state index contributed by atoms with van der Waals surface area (Å²) in [4.78, 5) is 16.1. The van der Waals surface area contributed by atoms with Gasteiger partial charge in [-0.3, -0.25) is 4.98 Å². The van der Waals surface area contributed by atoms with Gasteiger partial charge in [-0.25, -0.2) is 36.8 Å². The van der Waals surface area contributed by atoms with Gasteiger partial charge in [0.15, 0.2) is 86.8 Å². The lowest BCUT2D eigenvalue weighted by molar-refractivity contribution is -0.697. The van der Waals surface area contributed by atoms with Crippen molar-refractivity contribution in [2.75, 3.05) is 6.54 Å². The Hall–Kier alpha value is -7.53. The van der Waals surface area contributed by atoms with Crippen molar-refractivity contribution in [3.05, 3.63) is 241 Å². The van der Waals surface area contributed by atoms with E-state index >= 15 is 0 Å². The molecule has 112 heavy (non-hydrogen) atoms. The minimum Gasteiger partial charge on any atom is -0.444 e. The van der Waals surface area contributed by atoms with Crippen molar-refractivity contribution in [1.82, 2.24) is 10.3 Å². The topological polar surface area (TPSA) is 78.4 Å². The Morgan fingerprint density at radius 2 is 0.464 bits per heavy atom. The highest BCUT2D eigenvalue weighted by Gasteiger charge is 2.17. The van der Waals surface area contributed by atoms with Crippen LogP contribution in [-0.4, -0.2) is 23.2 Å². The van der Waals surface area contributed by atoms with Crippen molar-refractivity contribution < 1.29 is 41.5 Å². The number of unbranched alkanes of at least 4 members (excludes halogenated alkanes) is 32. The van der Waals surface area contributed by atoms with Gasteiger partial charge in [0.05, 0.1) is 0 Å². The van der Waals surface area contributed by atoms with Crippen LogP contribution in [-0.2, 0) is 102 Å². The van der Waals surface area contributed by atoms with Crippen molar-refractivity contribution >= 4 is 6.09 Å². The molecule has 11 nitrogen and oxygen atoms in total. The normalized spacial score (nSPS) is 11.6. The summed E-state index contributed by atoms with van der Waals surface area (Å²) in [5.74, 6) is 0. The monoisotopic (exact) mass is 1530 g/mol. The van der Waals surface area contributed by atoms with Gasteiger partial charge in [-0.05, 0) is 229 Å². The Labute approximate surface area is 681 Å². The van der Waals surface area contributed by atoms with E-state index in [1.54, 1.807) is 0 Å². The molecule has 0 bridgehead atoms. The number of nitrogens with zero attached hydrogens (tertiary/aromatic N) is 8. The third-order valence-corrected chi connectivity index (χ3v) is 22.6. The molecule has 0 atom stereocenters. The molecule has 0 fully saturated rings. The molecule has 8 aromatic rings. The first-order valence-electron chi connectivity index (χ1n) is 45.8. The van der Waals surface area contributed by atoms with E-state index in [-0.39, 0.29) is 6.09 Å². The Morgan fingerprint density at radius 3 is 0.679 bits per heavy atom. The molecule has 8 rings (SSSR count). The highest BCUT2D eigenvalue weighted by atomic mass is 16.6. The second kappa shape index (κ2) is 57.5. The lowest BCUT2D eigenvalue weighted by atomic mass is 10.1. The fourth-order valence-electron chi connectivity index (χ4n) is 16.2. The first kappa shape index (κ1) is 90.0. The van der Waals surface area contributed by atoms with Crippen LogP contribution in [0.5, 0.6) is 0 Å². The molecular formula is C101H154N9O2+7. The van der Waals surface area contributed by atoms with Crippen LogP contribution in [0.15, 0.2) is 196 Å².